The number of carbonyl (C=O) groups is 1. The van der Waals surface area contributed by atoms with Gasteiger partial charge in [0.05, 0.1) is 5.69 Å². The van der Waals surface area contributed by atoms with Crippen LogP contribution in [0.4, 0.5) is 0 Å². The van der Waals surface area contributed by atoms with Crippen LogP contribution in [-0.4, -0.2) is 45.8 Å². The summed E-state index contributed by atoms with van der Waals surface area (Å²) in [7, 11) is 0. The molecule has 24 heavy (non-hydrogen) atoms. The number of aryl methyl sites for hydroxylation is 2. The van der Waals surface area contributed by atoms with Crippen molar-refractivity contribution < 1.29 is 4.79 Å². The van der Waals surface area contributed by atoms with Gasteiger partial charge >= 0.3 is 0 Å². The van der Waals surface area contributed by atoms with Crippen molar-refractivity contribution in [3.63, 3.8) is 0 Å². The fraction of sp³-hybridized carbons (Fsp3) is 0.789. The van der Waals surface area contributed by atoms with E-state index in [1.54, 1.807) is 0 Å². The first-order valence-corrected chi connectivity index (χ1v) is 9.22. The zero-order valence-corrected chi connectivity index (χ0v) is 16.3. The molecule has 0 spiro atoms. The number of nitrogens with zero attached hydrogens (tertiary/aromatic N) is 3. The van der Waals surface area contributed by atoms with Gasteiger partial charge in [-0.05, 0) is 65.5 Å². The molecule has 1 N–H and O–H groups in total. The maximum Gasteiger partial charge on any atom is 0.222 e. The van der Waals surface area contributed by atoms with Gasteiger partial charge in [-0.1, -0.05) is 6.92 Å². The fourth-order valence-electron chi connectivity index (χ4n) is 3.68. The zero-order valence-electron chi connectivity index (χ0n) is 16.3. The van der Waals surface area contributed by atoms with Gasteiger partial charge in [-0.25, -0.2) is 0 Å². The van der Waals surface area contributed by atoms with Crippen molar-refractivity contribution in [3.05, 3.63) is 17.0 Å². The second-order valence-corrected chi connectivity index (χ2v) is 8.18. The van der Waals surface area contributed by atoms with Gasteiger partial charge in [0.1, 0.15) is 0 Å². The Morgan fingerprint density at radius 1 is 1.33 bits per heavy atom. The zero-order chi connectivity index (χ0) is 17.9. The first-order valence-electron chi connectivity index (χ1n) is 9.22. The number of hydrogen-bond acceptors (Lipinski definition) is 3. The third-order valence-corrected chi connectivity index (χ3v) is 5.13. The van der Waals surface area contributed by atoms with E-state index in [-0.39, 0.29) is 11.4 Å². The number of piperidine rings is 1. The summed E-state index contributed by atoms with van der Waals surface area (Å²) in [4.78, 5) is 14.9. The van der Waals surface area contributed by atoms with Crippen molar-refractivity contribution in [1.29, 1.82) is 0 Å². The molecule has 0 bridgehead atoms. The SMILES string of the molecule is Cc1nn(CCC(=O)NC(C)(C)CN2CCC[C@@H](C)C2)c(C)c1C. The van der Waals surface area contributed by atoms with Crippen LogP contribution in [0.25, 0.3) is 0 Å². The minimum absolute atomic E-state index is 0.107. The molecule has 0 radical (unpaired) electrons. The smallest absolute Gasteiger partial charge is 0.222 e. The van der Waals surface area contributed by atoms with Crippen LogP contribution in [-0.2, 0) is 11.3 Å². The Labute approximate surface area is 146 Å². The van der Waals surface area contributed by atoms with Crippen LogP contribution in [0.1, 0.15) is 57.0 Å². The number of likely N-dealkylation sites (tertiary alicyclic amines) is 1. The van der Waals surface area contributed by atoms with Gasteiger partial charge in [-0.15, -0.1) is 0 Å². The van der Waals surface area contributed by atoms with Crippen LogP contribution in [0.3, 0.4) is 0 Å². The Morgan fingerprint density at radius 3 is 2.62 bits per heavy atom. The van der Waals surface area contributed by atoms with Gasteiger partial charge in [0.15, 0.2) is 0 Å². The molecule has 2 heterocycles. The second kappa shape index (κ2) is 7.68. The van der Waals surface area contributed by atoms with Crippen molar-refractivity contribution in [3.8, 4) is 0 Å². The molecule has 1 atom stereocenters. The van der Waals surface area contributed by atoms with Crippen molar-refractivity contribution in [2.24, 2.45) is 5.92 Å². The molecule has 1 amide bonds. The largest absolute Gasteiger partial charge is 0.350 e. The van der Waals surface area contributed by atoms with E-state index in [4.69, 9.17) is 0 Å². The standard InChI is InChI=1S/C19H34N4O/c1-14-8-7-10-22(12-14)13-19(5,6)20-18(24)9-11-23-17(4)15(2)16(3)21-23/h14H,7-13H2,1-6H3,(H,20,24)/t14-/m1/s1. The highest BCUT2D eigenvalue weighted by molar-refractivity contribution is 5.76. The maximum absolute atomic E-state index is 12.4. The van der Waals surface area contributed by atoms with Crippen LogP contribution in [0.5, 0.6) is 0 Å². The van der Waals surface area contributed by atoms with E-state index in [1.165, 1.54) is 18.4 Å². The van der Waals surface area contributed by atoms with Gasteiger partial charge in [0.2, 0.25) is 5.91 Å². The number of carbonyl (C=O) groups excluding carboxylic acids is 1. The molecular formula is C19H34N4O. The molecule has 0 aliphatic carbocycles. The fourth-order valence-corrected chi connectivity index (χ4v) is 3.68. The van der Waals surface area contributed by atoms with E-state index in [9.17, 15) is 4.79 Å². The molecule has 1 fully saturated rings. The quantitative estimate of drug-likeness (QED) is 0.870. The molecule has 5 heteroatoms. The molecular weight excluding hydrogens is 300 g/mol. The Bertz CT molecular complexity index is 576. The average molecular weight is 335 g/mol. The lowest BCUT2D eigenvalue weighted by Crippen LogP contribution is -2.53. The molecule has 1 saturated heterocycles. The Balaban J connectivity index is 1.82. The number of amides is 1. The topological polar surface area (TPSA) is 50.2 Å². The van der Waals surface area contributed by atoms with Crippen LogP contribution < -0.4 is 5.32 Å². The third kappa shape index (κ3) is 5.07. The van der Waals surface area contributed by atoms with E-state index < -0.39 is 0 Å². The Morgan fingerprint density at radius 2 is 2.04 bits per heavy atom. The molecule has 0 saturated carbocycles. The van der Waals surface area contributed by atoms with Crippen LogP contribution in [0.15, 0.2) is 0 Å². The summed E-state index contributed by atoms with van der Waals surface area (Å²) in [5, 5.41) is 7.72. The Kier molecular flexibility index (Phi) is 6.07. The van der Waals surface area contributed by atoms with E-state index in [0.717, 1.165) is 36.9 Å². The Hall–Kier alpha value is -1.36. The van der Waals surface area contributed by atoms with Crippen molar-refractivity contribution in [2.45, 2.75) is 72.9 Å². The van der Waals surface area contributed by atoms with Crippen molar-refractivity contribution in [2.75, 3.05) is 19.6 Å². The van der Waals surface area contributed by atoms with E-state index in [0.29, 0.717) is 13.0 Å². The third-order valence-electron chi connectivity index (χ3n) is 5.13. The number of hydrogen-bond donors (Lipinski definition) is 1. The summed E-state index contributed by atoms with van der Waals surface area (Å²) in [6, 6.07) is 0. The molecule has 1 aliphatic rings. The van der Waals surface area contributed by atoms with Crippen molar-refractivity contribution in [1.82, 2.24) is 20.0 Å². The average Bonchev–Trinajstić information content (AvgIpc) is 2.71. The number of aromatic nitrogens is 2. The summed E-state index contributed by atoms with van der Waals surface area (Å²) in [5.74, 6) is 0.870. The molecule has 136 valence electrons. The van der Waals surface area contributed by atoms with E-state index in [1.807, 2.05) is 11.6 Å². The van der Waals surface area contributed by atoms with Crippen LogP contribution in [0.2, 0.25) is 0 Å². The molecule has 0 aromatic carbocycles. The summed E-state index contributed by atoms with van der Waals surface area (Å²) in [6.45, 7) is 16.6. The molecule has 5 nitrogen and oxygen atoms in total. The van der Waals surface area contributed by atoms with Gasteiger partial charge < -0.3 is 10.2 Å². The number of nitrogens with one attached hydrogen (secondary N) is 1. The van der Waals surface area contributed by atoms with Gasteiger partial charge in [-0.2, -0.15) is 5.10 Å². The predicted octanol–water partition coefficient (Wildman–Crippen LogP) is 2.83. The lowest BCUT2D eigenvalue weighted by molar-refractivity contribution is -0.123. The molecule has 1 aliphatic heterocycles. The van der Waals surface area contributed by atoms with Gasteiger partial charge in [0, 0.05) is 37.3 Å². The van der Waals surface area contributed by atoms with Crippen molar-refractivity contribution >= 4 is 5.91 Å². The van der Waals surface area contributed by atoms with Gasteiger partial charge in [0.25, 0.3) is 0 Å². The summed E-state index contributed by atoms with van der Waals surface area (Å²) in [5.41, 5.74) is 3.23. The molecule has 1 aromatic heterocycles. The van der Waals surface area contributed by atoms with Crippen LogP contribution in [0, 0.1) is 26.7 Å². The lowest BCUT2D eigenvalue weighted by atomic mass is 9.97. The minimum Gasteiger partial charge on any atom is -0.350 e. The van der Waals surface area contributed by atoms with Crippen LogP contribution >= 0.6 is 0 Å². The molecule has 2 rings (SSSR count). The normalized spacial score (nSPS) is 19.5. The summed E-state index contributed by atoms with van der Waals surface area (Å²) in [6.07, 6.45) is 3.06. The first-order chi connectivity index (χ1) is 11.2. The maximum atomic E-state index is 12.4. The minimum atomic E-state index is -0.195. The summed E-state index contributed by atoms with van der Waals surface area (Å²) < 4.78 is 1.95. The molecule has 1 aromatic rings. The highest BCUT2D eigenvalue weighted by Gasteiger charge is 2.26. The predicted molar refractivity (Wildman–Crippen MR) is 98.1 cm³/mol. The monoisotopic (exact) mass is 334 g/mol. The van der Waals surface area contributed by atoms with Gasteiger partial charge in [-0.3, -0.25) is 9.48 Å². The molecule has 0 unspecified atom stereocenters. The second-order valence-electron chi connectivity index (χ2n) is 8.18. The lowest BCUT2D eigenvalue weighted by Gasteiger charge is -2.37. The highest BCUT2D eigenvalue weighted by atomic mass is 16.1. The van der Waals surface area contributed by atoms with E-state index >= 15 is 0 Å². The number of rotatable bonds is 6. The summed E-state index contributed by atoms with van der Waals surface area (Å²) >= 11 is 0. The first kappa shape index (κ1) is 19.0. The highest BCUT2D eigenvalue weighted by Crippen LogP contribution is 2.18. The van der Waals surface area contributed by atoms with E-state index in [2.05, 4.69) is 49.9 Å².